The first-order valence-corrected chi connectivity index (χ1v) is 17.5. The third-order valence-electron chi connectivity index (χ3n) is 8.98. The first kappa shape index (κ1) is 36.9. The molecule has 5 rings (SSSR count). The van der Waals surface area contributed by atoms with Gasteiger partial charge < -0.3 is 29.9 Å². The van der Waals surface area contributed by atoms with Gasteiger partial charge in [0.1, 0.15) is 22.7 Å². The van der Waals surface area contributed by atoms with Crippen LogP contribution in [0.2, 0.25) is 0 Å². The first-order valence-electron chi connectivity index (χ1n) is 17.5. The molecule has 0 aliphatic carbocycles. The normalized spacial score (nSPS) is 11.3. The van der Waals surface area contributed by atoms with E-state index in [-0.39, 0.29) is 5.69 Å². The Morgan fingerprint density at radius 1 is 0.980 bits per heavy atom. The van der Waals surface area contributed by atoms with E-state index in [0.29, 0.717) is 56.5 Å². The third kappa shape index (κ3) is 8.69. The summed E-state index contributed by atoms with van der Waals surface area (Å²) in [7, 11) is 3.68. The number of nitrogens with two attached hydrogens (primary N) is 1. The first-order chi connectivity index (χ1) is 24.6. The molecule has 0 aliphatic heterocycles. The number of carbonyl (C=O) groups excluding carboxylic acids is 1. The maximum absolute atomic E-state index is 13.4. The van der Waals surface area contributed by atoms with Crippen molar-refractivity contribution in [1.82, 2.24) is 29.1 Å². The summed E-state index contributed by atoms with van der Waals surface area (Å²) in [6, 6.07) is 15.7. The van der Waals surface area contributed by atoms with Gasteiger partial charge in [0.2, 0.25) is 5.95 Å². The van der Waals surface area contributed by atoms with Crippen LogP contribution in [0.5, 0.6) is 5.75 Å². The number of ether oxygens (including phenoxy) is 1. The van der Waals surface area contributed by atoms with Gasteiger partial charge in [-0.15, -0.1) is 0 Å². The van der Waals surface area contributed by atoms with E-state index in [1.807, 2.05) is 74.9 Å². The summed E-state index contributed by atoms with van der Waals surface area (Å²) in [4.78, 5) is 38.0. The highest BCUT2D eigenvalue weighted by Gasteiger charge is 2.22. The number of carbonyl (C=O) groups is 2. The van der Waals surface area contributed by atoms with E-state index in [1.54, 1.807) is 22.5 Å². The van der Waals surface area contributed by atoms with Gasteiger partial charge in [-0.3, -0.25) is 9.36 Å². The summed E-state index contributed by atoms with van der Waals surface area (Å²) in [6.07, 6.45) is 4.66. The van der Waals surface area contributed by atoms with Crippen molar-refractivity contribution < 1.29 is 24.3 Å². The second-order valence-electron chi connectivity index (χ2n) is 12.7. The molecule has 0 atom stereocenters. The van der Waals surface area contributed by atoms with Crippen molar-refractivity contribution in [3.63, 3.8) is 0 Å². The second-order valence-corrected chi connectivity index (χ2v) is 12.7. The van der Waals surface area contributed by atoms with Crippen LogP contribution < -0.4 is 20.9 Å². The standard InChI is InChI=1S/C37H49N9O5/c1-6-45-34(35(47)48)29(26(3)41-45)13-8-7-10-22-46-32(23-25(2)40-46)36(49)51-42-37-39-33-30(14-12-15-31(33)44(37)21-11-9-20-38)43(4)24-27-16-18-28(50-5)19-17-27/h12,14-19,23H,6-11,13,20-22,24,38H2,1-5H3,(H,39,42)(H,47,48). The van der Waals surface area contributed by atoms with Crippen molar-refractivity contribution in [2.45, 2.75) is 85.5 Å². The fourth-order valence-corrected chi connectivity index (χ4v) is 6.40. The Labute approximate surface area is 298 Å². The molecule has 0 spiro atoms. The van der Waals surface area contributed by atoms with Gasteiger partial charge in [-0.1, -0.05) is 24.6 Å². The number of nitrogens with zero attached hydrogens (tertiary/aromatic N) is 7. The highest BCUT2D eigenvalue weighted by atomic mass is 16.7. The number of aromatic nitrogens is 6. The topological polar surface area (TPSA) is 168 Å². The summed E-state index contributed by atoms with van der Waals surface area (Å²) >= 11 is 0. The highest BCUT2D eigenvalue weighted by Crippen LogP contribution is 2.30. The average Bonchev–Trinajstić information content (AvgIpc) is 3.79. The van der Waals surface area contributed by atoms with Crippen LogP contribution in [-0.4, -0.2) is 66.9 Å². The lowest BCUT2D eigenvalue weighted by molar-refractivity contribution is 0.0576. The zero-order chi connectivity index (χ0) is 36.5. The van der Waals surface area contributed by atoms with Crippen molar-refractivity contribution in [3.8, 4) is 5.75 Å². The van der Waals surface area contributed by atoms with E-state index in [2.05, 4.69) is 20.6 Å². The Morgan fingerprint density at radius 2 is 1.75 bits per heavy atom. The monoisotopic (exact) mass is 699 g/mol. The number of rotatable bonds is 19. The number of nitrogens with one attached hydrogen (secondary N) is 1. The Hall–Kier alpha value is -5.37. The number of methoxy groups -OCH3 is 1. The van der Waals surface area contributed by atoms with Gasteiger partial charge in [-0.25, -0.2) is 14.6 Å². The number of aryl methyl sites for hydroxylation is 5. The lowest BCUT2D eigenvalue weighted by Gasteiger charge is -2.20. The number of unbranched alkanes of at least 4 members (excludes halogenated alkanes) is 3. The zero-order valence-corrected chi connectivity index (χ0v) is 30.2. The fourth-order valence-electron chi connectivity index (χ4n) is 6.40. The number of anilines is 2. The van der Waals surface area contributed by atoms with Crippen LogP contribution in [0.4, 0.5) is 11.6 Å². The Kier molecular flexibility index (Phi) is 12.3. The number of imidazole rings is 1. The maximum atomic E-state index is 13.4. The SMILES string of the molecule is CCn1nc(C)c(CCCCCn2nc(C)cc2C(=O)ONc2nc3c(N(C)Cc4ccc(OC)cc4)cccc3n2CCCCN)c1C(=O)O. The van der Waals surface area contributed by atoms with Crippen LogP contribution >= 0.6 is 0 Å². The van der Waals surface area contributed by atoms with Crippen LogP contribution in [0.1, 0.15) is 82.5 Å². The molecule has 272 valence electrons. The molecule has 14 nitrogen and oxygen atoms in total. The quantitative estimate of drug-likeness (QED) is 0.0710. The van der Waals surface area contributed by atoms with Gasteiger partial charge >= 0.3 is 11.9 Å². The summed E-state index contributed by atoms with van der Waals surface area (Å²) in [6.45, 7) is 8.47. The lowest BCUT2D eigenvalue weighted by atomic mass is 10.0. The zero-order valence-electron chi connectivity index (χ0n) is 30.2. The Morgan fingerprint density at radius 3 is 2.45 bits per heavy atom. The van der Waals surface area contributed by atoms with Crippen LogP contribution in [0.3, 0.4) is 0 Å². The molecule has 2 aromatic carbocycles. The van der Waals surface area contributed by atoms with Crippen molar-refractivity contribution in [2.75, 3.05) is 31.1 Å². The van der Waals surface area contributed by atoms with Crippen molar-refractivity contribution in [2.24, 2.45) is 5.73 Å². The second kappa shape index (κ2) is 17.0. The number of fused-ring (bicyclic) bond motifs is 1. The van der Waals surface area contributed by atoms with Gasteiger partial charge in [0.15, 0.2) is 0 Å². The molecule has 14 heteroatoms. The molecule has 0 unspecified atom stereocenters. The van der Waals surface area contributed by atoms with Gasteiger partial charge in [-0.05, 0) is 95.3 Å². The van der Waals surface area contributed by atoms with E-state index in [0.717, 1.165) is 71.4 Å². The molecule has 0 aliphatic rings. The largest absolute Gasteiger partial charge is 0.497 e. The van der Waals surface area contributed by atoms with Crippen LogP contribution in [0.15, 0.2) is 48.5 Å². The number of hydrogen-bond donors (Lipinski definition) is 3. The maximum Gasteiger partial charge on any atom is 0.380 e. The fraction of sp³-hybridized carbons (Fsp3) is 0.432. The molecular formula is C37H49N9O5. The third-order valence-corrected chi connectivity index (χ3v) is 8.98. The molecule has 4 N–H and O–H groups in total. The van der Waals surface area contributed by atoms with Crippen LogP contribution in [-0.2, 0) is 37.4 Å². The summed E-state index contributed by atoms with van der Waals surface area (Å²) < 4.78 is 10.5. The van der Waals surface area contributed by atoms with E-state index in [4.69, 9.17) is 20.3 Å². The van der Waals surface area contributed by atoms with Crippen LogP contribution in [0.25, 0.3) is 11.0 Å². The van der Waals surface area contributed by atoms with E-state index >= 15 is 0 Å². The number of carboxylic acid groups (broad SMARTS) is 1. The predicted octanol–water partition coefficient (Wildman–Crippen LogP) is 5.75. The Bertz CT molecular complexity index is 1940. The van der Waals surface area contributed by atoms with Gasteiger partial charge in [-0.2, -0.15) is 15.7 Å². The smallest absolute Gasteiger partial charge is 0.380 e. The minimum Gasteiger partial charge on any atom is -0.497 e. The summed E-state index contributed by atoms with van der Waals surface area (Å²) in [5.74, 6) is -0.296. The van der Waals surface area contributed by atoms with Crippen molar-refractivity contribution in [1.29, 1.82) is 0 Å². The molecule has 5 aromatic rings. The van der Waals surface area contributed by atoms with Crippen molar-refractivity contribution >= 4 is 34.6 Å². The number of hydrogen-bond acceptors (Lipinski definition) is 10. The molecule has 0 amide bonds. The molecule has 0 fully saturated rings. The summed E-state index contributed by atoms with van der Waals surface area (Å²) in [5.41, 5.74) is 15.3. The minimum atomic E-state index is -0.958. The summed E-state index contributed by atoms with van der Waals surface area (Å²) in [5, 5.41) is 18.6. The molecular weight excluding hydrogens is 650 g/mol. The van der Waals surface area contributed by atoms with E-state index in [9.17, 15) is 14.7 Å². The molecule has 3 heterocycles. The Balaban J connectivity index is 1.26. The molecule has 0 saturated heterocycles. The number of benzene rings is 2. The molecule has 0 radical (unpaired) electrons. The van der Waals surface area contributed by atoms with Crippen molar-refractivity contribution in [3.05, 3.63) is 82.4 Å². The molecule has 3 aromatic heterocycles. The highest BCUT2D eigenvalue weighted by molar-refractivity contribution is 5.92. The van der Waals surface area contributed by atoms with Gasteiger partial charge in [0.25, 0.3) is 0 Å². The van der Waals surface area contributed by atoms with E-state index in [1.165, 1.54) is 0 Å². The van der Waals surface area contributed by atoms with Gasteiger partial charge in [0, 0.05) is 38.8 Å². The van der Waals surface area contributed by atoms with Crippen LogP contribution in [0, 0.1) is 13.8 Å². The number of carboxylic acids is 1. The number of aromatic carboxylic acids is 1. The lowest BCUT2D eigenvalue weighted by Crippen LogP contribution is -2.18. The molecule has 0 bridgehead atoms. The van der Waals surface area contributed by atoms with Gasteiger partial charge in [0.05, 0.1) is 29.7 Å². The average molecular weight is 700 g/mol. The predicted molar refractivity (Wildman–Crippen MR) is 196 cm³/mol. The van der Waals surface area contributed by atoms with E-state index < -0.39 is 11.9 Å². The minimum absolute atomic E-state index is 0.264. The molecule has 51 heavy (non-hydrogen) atoms. The number of para-hydroxylation sites is 1. The molecule has 0 saturated carbocycles.